The van der Waals surface area contributed by atoms with Crippen LogP contribution in [-0.4, -0.2) is 23.9 Å². The Bertz CT molecular complexity index is 2800. The first-order valence-corrected chi connectivity index (χ1v) is 16.9. The van der Waals surface area contributed by atoms with Crippen molar-refractivity contribution in [1.29, 1.82) is 0 Å². The van der Waals surface area contributed by atoms with Gasteiger partial charge < -0.3 is 13.7 Å². The third-order valence-electron chi connectivity index (χ3n) is 9.67. The molecule has 0 radical (unpaired) electrons. The maximum atomic E-state index is 6.58. The molecule has 5 heterocycles. The number of aromatic nitrogens is 5. The molecule has 252 valence electrons. The number of ether oxygens (including phenoxy) is 1. The van der Waals surface area contributed by atoms with Crippen molar-refractivity contribution in [2.45, 2.75) is 47.0 Å². The van der Waals surface area contributed by atoms with Gasteiger partial charge in [0.05, 0.1) is 22.4 Å². The molecule has 0 bridgehead atoms. The number of nitrogens with zero attached hydrogens (tertiary/aromatic N) is 5. The molecule has 0 N–H and O–H groups in total. The third-order valence-corrected chi connectivity index (χ3v) is 9.67. The molecular weight excluding hydrogens is 810 g/mol. The molecule has 0 saturated heterocycles. The van der Waals surface area contributed by atoms with Gasteiger partial charge >= 0.3 is 21.1 Å². The summed E-state index contributed by atoms with van der Waals surface area (Å²) < 4.78 is 10.9. The topological polar surface area (TPSA) is 57.2 Å². The van der Waals surface area contributed by atoms with E-state index in [2.05, 4.69) is 130 Å². The summed E-state index contributed by atoms with van der Waals surface area (Å²) in [6.07, 6.45) is 5.81. The number of imidazole rings is 1. The zero-order valence-electron chi connectivity index (χ0n) is 29.3. The molecule has 9 rings (SSSR count). The number of fused-ring (bicyclic) bond motifs is 9. The van der Waals surface area contributed by atoms with E-state index in [1.54, 1.807) is 0 Å². The molecule has 0 amide bonds. The van der Waals surface area contributed by atoms with Crippen LogP contribution in [0, 0.1) is 32.9 Å². The van der Waals surface area contributed by atoms with Crippen LogP contribution in [-0.2, 0) is 26.5 Å². The van der Waals surface area contributed by atoms with Crippen LogP contribution < -0.4 is 4.74 Å². The van der Waals surface area contributed by atoms with Gasteiger partial charge in [-0.25, -0.2) is 4.98 Å². The van der Waals surface area contributed by atoms with Crippen LogP contribution in [0.15, 0.2) is 104 Å². The standard InChI is InChI=1S/C44H35N5O.Pt/c1-26-21-27(2)40(28(3)22-26)36-25-48-38-14-10-19-45-41(38)33-18-16-29(23-34(33)42(48)47-36)50-30-15-17-32-31-11-7-8-13-37(31)49(39(32)24-30)43-35(44(4,5)6)12-9-20-46-43;/h7-22,25H,1-6H3;/q-2;+2. The van der Waals surface area contributed by atoms with Crippen molar-refractivity contribution in [1.82, 2.24) is 23.9 Å². The molecule has 0 aliphatic carbocycles. The van der Waals surface area contributed by atoms with E-state index >= 15 is 0 Å². The summed E-state index contributed by atoms with van der Waals surface area (Å²) in [6.45, 7) is 13.1. The van der Waals surface area contributed by atoms with Gasteiger partial charge in [-0.2, -0.15) is 6.07 Å². The van der Waals surface area contributed by atoms with E-state index in [1.165, 1.54) is 16.7 Å². The molecule has 0 aliphatic rings. The van der Waals surface area contributed by atoms with Crippen molar-refractivity contribution >= 4 is 49.3 Å². The first kappa shape index (κ1) is 32.9. The van der Waals surface area contributed by atoms with Gasteiger partial charge in [-0.1, -0.05) is 91.2 Å². The van der Waals surface area contributed by atoms with Crippen molar-refractivity contribution in [2.75, 3.05) is 0 Å². The fourth-order valence-electron chi connectivity index (χ4n) is 7.58. The predicted molar refractivity (Wildman–Crippen MR) is 203 cm³/mol. The quantitative estimate of drug-likeness (QED) is 0.131. The molecule has 0 atom stereocenters. The van der Waals surface area contributed by atoms with Gasteiger partial charge in [0.15, 0.2) is 0 Å². The molecule has 0 saturated carbocycles. The number of hydrogen-bond acceptors (Lipinski definition) is 4. The van der Waals surface area contributed by atoms with Gasteiger partial charge in [0.1, 0.15) is 5.82 Å². The van der Waals surface area contributed by atoms with Crippen LogP contribution in [0.5, 0.6) is 11.5 Å². The minimum Gasteiger partial charge on any atom is -0.503 e. The van der Waals surface area contributed by atoms with Gasteiger partial charge in [0.2, 0.25) is 0 Å². The molecular formula is C44H35N5OPt. The Labute approximate surface area is 311 Å². The SMILES string of the molecule is Cc1cc(C)c(-c2cn3c4cccnc4c4ccc(Oc5[c-]c6c(cc5)c5ccccc5n6-c5ncccc5C(C)(C)C)[c-]c4c3n2)c(C)c1.[Pt+2]. The molecule has 0 fully saturated rings. The summed E-state index contributed by atoms with van der Waals surface area (Å²) in [5.41, 5.74) is 11.5. The average Bonchev–Trinajstić information content (AvgIpc) is 3.67. The van der Waals surface area contributed by atoms with E-state index in [1.807, 2.05) is 36.7 Å². The van der Waals surface area contributed by atoms with E-state index in [9.17, 15) is 0 Å². The number of aryl methyl sites for hydroxylation is 3. The second kappa shape index (κ2) is 12.2. The Kier molecular flexibility index (Phi) is 7.84. The maximum absolute atomic E-state index is 6.58. The van der Waals surface area contributed by atoms with Crippen molar-refractivity contribution in [3.8, 4) is 28.6 Å². The van der Waals surface area contributed by atoms with Crippen molar-refractivity contribution < 1.29 is 25.8 Å². The van der Waals surface area contributed by atoms with Gasteiger partial charge in [0, 0.05) is 46.7 Å². The Hall–Kier alpha value is -5.32. The van der Waals surface area contributed by atoms with Crippen molar-refractivity contribution in [3.05, 3.63) is 138 Å². The zero-order valence-corrected chi connectivity index (χ0v) is 31.5. The third kappa shape index (κ3) is 5.32. The Morgan fingerprint density at radius 2 is 1.39 bits per heavy atom. The van der Waals surface area contributed by atoms with Crippen molar-refractivity contribution in [2.24, 2.45) is 0 Å². The molecule has 5 aromatic heterocycles. The van der Waals surface area contributed by atoms with Crippen LogP contribution in [0.3, 0.4) is 0 Å². The van der Waals surface area contributed by atoms with E-state index in [4.69, 9.17) is 19.7 Å². The number of para-hydroxylation sites is 1. The summed E-state index contributed by atoms with van der Waals surface area (Å²) in [5, 5.41) is 4.05. The van der Waals surface area contributed by atoms with Crippen molar-refractivity contribution in [3.63, 3.8) is 0 Å². The van der Waals surface area contributed by atoms with Crippen LogP contribution in [0.25, 0.3) is 66.3 Å². The Morgan fingerprint density at radius 3 is 2.18 bits per heavy atom. The fourth-order valence-corrected chi connectivity index (χ4v) is 7.58. The number of pyridine rings is 3. The van der Waals surface area contributed by atoms with Gasteiger partial charge in [0.25, 0.3) is 0 Å². The Balaban J connectivity index is 0.00000374. The maximum Gasteiger partial charge on any atom is 2.00 e. The van der Waals surface area contributed by atoms with Gasteiger partial charge in [-0.05, 0) is 67.0 Å². The van der Waals surface area contributed by atoms with Crippen LogP contribution in [0.1, 0.15) is 43.0 Å². The summed E-state index contributed by atoms with van der Waals surface area (Å²) in [4.78, 5) is 14.9. The Morgan fingerprint density at radius 1 is 0.706 bits per heavy atom. The van der Waals surface area contributed by atoms with E-state index in [0.29, 0.717) is 11.5 Å². The monoisotopic (exact) mass is 844 g/mol. The number of benzene rings is 4. The molecule has 0 unspecified atom stereocenters. The normalized spacial score (nSPS) is 12.0. The molecule has 0 aliphatic heterocycles. The fraction of sp³-hybridized carbons (Fsp3) is 0.159. The molecule has 0 spiro atoms. The smallest absolute Gasteiger partial charge is 0.503 e. The minimum absolute atomic E-state index is 0. The van der Waals surface area contributed by atoms with E-state index in [-0.39, 0.29) is 26.5 Å². The largest absolute Gasteiger partial charge is 2.00 e. The van der Waals surface area contributed by atoms with E-state index < -0.39 is 0 Å². The summed E-state index contributed by atoms with van der Waals surface area (Å²) in [6, 6.07) is 36.4. The average molecular weight is 845 g/mol. The molecule has 9 aromatic rings. The predicted octanol–water partition coefficient (Wildman–Crippen LogP) is 10.8. The van der Waals surface area contributed by atoms with Gasteiger partial charge in [-0.15, -0.1) is 23.6 Å². The summed E-state index contributed by atoms with van der Waals surface area (Å²) in [5.74, 6) is 2.07. The van der Waals surface area contributed by atoms with Crippen LogP contribution >= 0.6 is 0 Å². The summed E-state index contributed by atoms with van der Waals surface area (Å²) >= 11 is 0. The molecule has 51 heavy (non-hydrogen) atoms. The van der Waals surface area contributed by atoms with Crippen LogP contribution in [0.2, 0.25) is 0 Å². The zero-order chi connectivity index (χ0) is 34.3. The molecule has 4 aromatic carbocycles. The first-order valence-electron chi connectivity index (χ1n) is 16.9. The van der Waals surface area contributed by atoms with E-state index in [0.717, 1.165) is 71.9 Å². The molecule has 6 nitrogen and oxygen atoms in total. The number of hydrogen-bond donors (Lipinski definition) is 0. The number of rotatable bonds is 4. The molecule has 7 heteroatoms. The minimum atomic E-state index is -0.108. The second-order valence-electron chi connectivity index (χ2n) is 14.2. The van der Waals surface area contributed by atoms with Crippen LogP contribution in [0.4, 0.5) is 0 Å². The first-order chi connectivity index (χ1) is 24.2. The summed E-state index contributed by atoms with van der Waals surface area (Å²) in [7, 11) is 0. The second-order valence-corrected chi connectivity index (χ2v) is 14.2. The van der Waals surface area contributed by atoms with Gasteiger partial charge in [-0.3, -0.25) is 9.97 Å².